The number of carbonyl (C=O) groups excluding carboxylic acids is 2. The van der Waals surface area contributed by atoms with Crippen LogP contribution >= 0.6 is 0 Å². The van der Waals surface area contributed by atoms with Crippen LogP contribution in [0, 0.1) is 5.92 Å². The van der Waals surface area contributed by atoms with Crippen molar-refractivity contribution >= 4 is 11.8 Å². The third kappa shape index (κ3) is 4.38. The highest BCUT2D eigenvalue weighted by atomic mass is 19.4. The van der Waals surface area contributed by atoms with Crippen molar-refractivity contribution < 1.29 is 22.8 Å². The first-order valence-corrected chi connectivity index (χ1v) is 5.56. The highest BCUT2D eigenvalue weighted by Crippen LogP contribution is 2.23. The van der Waals surface area contributed by atoms with Gasteiger partial charge in [0.05, 0.1) is 5.92 Å². The molecular weight excluding hydrogens is 249 g/mol. The van der Waals surface area contributed by atoms with Crippen LogP contribution in [0.25, 0.3) is 0 Å². The lowest BCUT2D eigenvalue weighted by molar-refractivity contribution is -0.157. The summed E-state index contributed by atoms with van der Waals surface area (Å²) in [4.78, 5) is 23.6. The van der Waals surface area contributed by atoms with E-state index in [-0.39, 0.29) is 18.9 Å². The van der Waals surface area contributed by atoms with E-state index in [1.54, 1.807) is 6.08 Å². The number of nitrogens with zero attached hydrogens (tertiary/aromatic N) is 1. The minimum atomic E-state index is -4.43. The number of halogens is 3. The van der Waals surface area contributed by atoms with Gasteiger partial charge in [0.15, 0.2) is 0 Å². The summed E-state index contributed by atoms with van der Waals surface area (Å²) < 4.78 is 36.5. The average Bonchev–Trinajstić information content (AvgIpc) is 2.58. The van der Waals surface area contributed by atoms with Crippen LogP contribution in [0.15, 0.2) is 12.7 Å². The summed E-state index contributed by atoms with van der Waals surface area (Å²) >= 11 is 0. The highest BCUT2D eigenvalue weighted by molar-refractivity contribution is 5.89. The quantitative estimate of drug-likeness (QED) is 0.597. The van der Waals surface area contributed by atoms with E-state index in [1.807, 2.05) is 0 Å². The van der Waals surface area contributed by atoms with E-state index >= 15 is 0 Å². The van der Waals surface area contributed by atoms with Crippen molar-refractivity contribution in [2.75, 3.05) is 19.6 Å². The molecule has 18 heavy (non-hydrogen) atoms. The molecule has 0 spiro atoms. The number of alkyl halides is 3. The lowest BCUT2D eigenvalue weighted by Crippen LogP contribution is -2.37. The van der Waals surface area contributed by atoms with E-state index in [1.165, 1.54) is 0 Å². The summed E-state index contributed by atoms with van der Waals surface area (Å²) in [6.45, 7) is 2.40. The fourth-order valence-corrected chi connectivity index (χ4v) is 1.76. The van der Waals surface area contributed by atoms with Gasteiger partial charge in [-0.2, -0.15) is 13.2 Å². The Morgan fingerprint density at radius 3 is 2.78 bits per heavy atom. The van der Waals surface area contributed by atoms with Crippen molar-refractivity contribution in [1.82, 2.24) is 10.2 Å². The first-order chi connectivity index (χ1) is 8.33. The number of rotatable bonds is 5. The van der Waals surface area contributed by atoms with Gasteiger partial charge in [-0.05, 0) is 6.42 Å². The Balaban J connectivity index is 2.45. The standard InChI is InChI=1S/C11H15F3N2O2/c1-2-3-4-15-10(18)8-5-9(17)16(6-8)7-11(12,13)14/h2,8H,1,3-7H2,(H,15,18). The molecule has 4 nitrogen and oxygen atoms in total. The summed E-state index contributed by atoms with van der Waals surface area (Å²) in [7, 11) is 0. The largest absolute Gasteiger partial charge is 0.406 e. The van der Waals surface area contributed by atoms with Crippen LogP contribution in [-0.4, -0.2) is 42.5 Å². The van der Waals surface area contributed by atoms with Crippen LogP contribution in [0.2, 0.25) is 0 Å². The Kier molecular flexibility index (Phi) is 4.75. The minimum absolute atomic E-state index is 0.157. The summed E-state index contributed by atoms with van der Waals surface area (Å²) in [5.74, 6) is -1.70. The molecule has 0 aromatic heterocycles. The van der Waals surface area contributed by atoms with Gasteiger partial charge in [-0.3, -0.25) is 9.59 Å². The molecular formula is C11H15F3N2O2. The molecule has 0 radical (unpaired) electrons. The first-order valence-electron chi connectivity index (χ1n) is 5.56. The predicted octanol–water partition coefficient (Wildman–Crippen LogP) is 1.09. The minimum Gasteiger partial charge on any atom is -0.355 e. The summed E-state index contributed by atoms with van der Waals surface area (Å²) in [6, 6.07) is 0. The van der Waals surface area contributed by atoms with Crippen LogP contribution in [-0.2, 0) is 9.59 Å². The molecule has 0 aromatic carbocycles. The number of amides is 2. The van der Waals surface area contributed by atoms with Crippen LogP contribution in [0.3, 0.4) is 0 Å². The number of hydrogen-bond acceptors (Lipinski definition) is 2. The van der Waals surface area contributed by atoms with Gasteiger partial charge in [0.1, 0.15) is 6.54 Å². The van der Waals surface area contributed by atoms with Crippen LogP contribution in [0.1, 0.15) is 12.8 Å². The second-order valence-corrected chi connectivity index (χ2v) is 4.16. The van der Waals surface area contributed by atoms with Crippen LogP contribution in [0.4, 0.5) is 13.2 Å². The maximum Gasteiger partial charge on any atom is 0.406 e. The molecule has 1 fully saturated rings. The Morgan fingerprint density at radius 1 is 1.56 bits per heavy atom. The van der Waals surface area contributed by atoms with Gasteiger partial charge < -0.3 is 10.2 Å². The molecule has 7 heteroatoms. The third-order valence-electron chi connectivity index (χ3n) is 2.60. The smallest absolute Gasteiger partial charge is 0.355 e. The Bertz CT molecular complexity index is 342. The van der Waals surface area contributed by atoms with Crippen molar-refractivity contribution in [2.24, 2.45) is 5.92 Å². The normalized spacial score (nSPS) is 20.1. The lowest BCUT2D eigenvalue weighted by atomic mass is 10.1. The Hall–Kier alpha value is -1.53. The molecule has 0 bridgehead atoms. The Labute approximate surface area is 103 Å². The van der Waals surface area contributed by atoms with Crippen molar-refractivity contribution in [2.45, 2.75) is 19.0 Å². The molecule has 1 saturated heterocycles. The number of hydrogen-bond donors (Lipinski definition) is 1. The molecule has 0 aromatic rings. The fourth-order valence-electron chi connectivity index (χ4n) is 1.76. The molecule has 1 aliphatic heterocycles. The van der Waals surface area contributed by atoms with Gasteiger partial charge in [0, 0.05) is 19.5 Å². The second kappa shape index (κ2) is 5.88. The number of carbonyl (C=O) groups is 2. The average molecular weight is 264 g/mol. The monoisotopic (exact) mass is 264 g/mol. The first kappa shape index (κ1) is 14.5. The maximum atomic E-state index is 12.2. The van der Waals surface area contributed by atoms with E-state index in [4.69, 9.17) is 0 Å². The summed E-state index contributed by atoms with van der Waals surface area (Å²) in [5.41, 5.74) is 0. The molecule has 1 heterocycles. The van der Waals surface area contributed by atoms with Crippen molar-refractivity contribution in [3.05, 3.63) is 12.7 Å². The number of likely N-dealkylation sites (tertiary alicyclic amines) is 1. The predicted molar refractivity (Wildman–Crippen MR) is 58.6 cm³/mol. The summed E-state index contributed by atoms with van der Waals surface area (Å²) in [6.07, 6.45) is -2.38. The van der Waals surface area contributed by atoms with Crippen molar-refractivity contribution in [1.29, 1.82) is 0 Å². The molecule has 1 unspecified atom stereocenters. The molecule has 102 valence electrons. The molecule has 0 saturated carbocycles. The van der Waals surface area contributed by atoms with E-state index in [0.29, 0.717) is 17.9 Å². The van der Waals surface area contributed by atoms with E-state index in [2.05, 4.69) is 11.9 Å². The van der Waals surface area contributed by atoms with Crippen LogP contribution < -0.4 is 5.32 Å². The molecule has 1 aliphatic rings. The van der Waals surface area contributed by atoms with Gasteiger partial charge in [0.2, 0.25) is 11.8 Å². The molecule has 1 atom stereocenters. The maximum absolute atomic E-state index is 12.2. The topological polar surface area (TPSA) is 49.4 Å². The number of nitrogens with one attached hydrogen (secondary N) is 1. The molecule has 1 N–H and O–H groups in total. The van der Waals surface area contributed by atoms with Gasteiger partial charge in [-0.25, -0.2) is 0 Å². The zero-order valence-corrected chi connectivity index (χ0v) is 9.79. The van der Waals surface area contributed by atoms with Crippen LogP contribution in [0.5, 0.6) is 0 Å². The fraction of sp³-hybridized carbons (Fsp3) is 0.636. The van der Waals surface area contributed by atoms with E-state index < -0.39 is 24.5 Å². The molecule has 0 aliphatic carbocycles. The lowest BCUT2D eigenvalue weighted by Gasteiger charge is -2.18. The second-order valence-electron chi connectivity index (χ2n) is 4.16. The third-order valence-corrected chi connectivity index (χ3v) is 2.60. The highest BCUT2D eigenvalue weighted by Gasteiger charge is 2.40. The molecule has 2 amide bonds. The summed E-state index contributed by atoms with van der Waals surface area (Å²) in [5, 5.41) is 2.56. The SMILES string of the molecule is C=CCCNC(=O)C1CC(=O)N(CC(F)(F)F)C1. The van der Waals surface area contributed by atoms with Crippen molar-refractivity contribution in [3.63, 3.8) is 0 Å². The van der Waals surface area contributed by atoms with Gasteiger partial charge in [0.25, 0.3) is 0 Å². The van der Waals surface area contributed by atoms with Crippen molar-refractivity contribution in [3.8, 4) is 0 Å². The zero-order valence-electron chi connectivity index (χ0n) is 9.79. The van der Waals surface area contributed by atoms with E-state index in [9.17, 15) is 22.8 Å². The molecule has 1 rings (SSSR count). The Morgan fingerprint density at radius 2 is 2.22 bits per heavy atom. The zero-order chi connectivity index (χ0) is 13.8. The van der Waals surface area contributed by atoms with Gasteiger partial charge in [-0.1, -0.05) is 6.08 Å². The van der Waals surface area contributed by atoms with Gasteiger partial charge >= 0.3 is 6.18 Å². The van der Waals surface area contributed by atoms with E-state index in [0.717, 1.165) is 0 Å². The van der Waals surface area contributed by atoms with Gasteiger partial charge in [-0.15, -0.1) is 6.58 Å².